The van der Waals surface area contributed by atoms with Gasteiger partial charge in [-0.15, -0.1) is 0 Å². The number of aliphatic hydroxyl groups is 1. The molecular weight excluding hydrogens is 144 g/mol. The van der Waals surface area contributed by atoms with Crippen LogP contribution in [-0.4, -0.2) is 24.3 Å². The Kier molecular flexibility index (Phi) is 5.47. The molecule has 0 aromatic carbocycles. The highest BCUT2D eigenvalue weighted by Crippen LogP contribution is 1.97. The minimum Gasteiger partial charge on any atom is -0.463 e. The van der Waals surface area contributed by atoms with E-state index in [-0.39, 0.29) is 12.6 Å². The molecule has 0 rings (SSSR count). The van der Waals surface area contributed by atoms with E-state index >= 15 is 0 Å². The lowest BCUT2D eigenvalue weighted by molar-refractivity contribution is -0.138. The maximum absolute atomic E-state index is 10.9. The van der Waals surface area contributed by atoms with Crippen LogP contribution in [0.4, 0.5) is 0 Å². The summed E-state index contributed by atoms with van der Waals surface area (Å²) in [5, 5.41) is 8.43. The van der Waals surface area contributed by atoms with Crippen LogP contribution in [0, 0.1) is 0 Å². The van der Waals surface area contributed by atoms with Crippen LogP contribution in [0.1, 0.15) is 20.3 Å². The van der Waals surface area contributed by atoms with E-state index in [0.29, 0.717) is 18.6 Å². The Hall–Kier alpha value is -0.830. The number of rotatable bonds is 4. The number of aliphatic hydroxyl groups excluding tert-OH is 1. The smallest absolute Gasteiger partial charge is 0.333 e. The molecule has 0 unspecified atom stereocenters. The van der Waals surface area contributed by atoms with Gasteiger partial charge in [-0.1, -0.05) is 6.08 Å². The topological polar surface area (TPSA) is 46.5 Å². The number of esters is 1. The number of carbonyl (C=O) groups excluding carboxylic acids is 1. The first kappa shape index (κ1) is 10.2. The molecule has 0 atom stereocenters. The van der Waals surface area contributed by atoms with Gasteiger partial charge in [0.25, 0.3) is 0 Å². The highest BCUT2D eigenvalue weighted by molar-refractivity contribution is 5.87. The van der Waals surface area contributed by atoms with Crippen LogP contribution in [0.2, 0.25) is 0 Å². The van der Waals surface area contributed by atoms with E-state index < -0.39 is 0 Å². The molecule has 0 heterocycles. The Morgan fingerprint density at radius 3 is 2.73 bits per heavy atom. The van der Waals surface area contributed by atoms with E-state index in [1.165, 1.54) is 0 Å². The largest absolute Gasteiger partial charge is 0.463 e. The van der Waals surface area contributed by atoms with Crippen molar-refractivity contribution in [3.05, 3.63) is 11.6 Å². The van der Waals surface area contributed by atoms with Crippen molar-refractivity contribution in [1.82, 2.24) is 0 Å². The number of ether oxygens (including phenoxy) is 1. The van der Waals surface area contributed by atoms with Gasteiger partial charge in [0.2, 0.25) is 0 Å². The molecule has 0 amide bonds. The second-order valence-corrected chi connectivity index (χ2v) is 2.12. The fraction of sp³-hybridized carbons (Fsp3) is 0.625. The Labute approximate surface area is 66.7 Å². The summed E-state index contributed by atoms with van der Waals surface area (Å²) in [5.74, 6) is -0.305. The molecule has 0 aliphatic heterocycles. The lowest BCUT2D eigenvalue weighted by Crippen LogP contribution is -2.05. The van der Waals surface area contributed by atoms with E-state index in [1.54, 1.807) is 19.9 Å². The second-order valence-electron chi connectivity index (χ2n) is 2.12. The highest BCUT2D eigenvalue weighted by Gasteiger charge is 2.02. The summed E-state index contributed by atoms with van der Waals surface area (Å²) in [5.41, 5.74) is 0.556. The molecule has 0 saturated heterocycles. The van der Waals surface area contributed by atoms with Crippen molar-refractivity contribution in [2.24, 2.45) is 0 Å². The summed E-state index contributed by atoms with van der Waals surface area (Å²) in [4.78, 5) is 10.9. The number of hydrogen-bond donors (Lipinski definition) is 1. The first-order chi connectivity index (χ1) is 5.22. The van der Waals surface area contributed by atoms with E-state index in [2.05, 4.69) is 0 Å². The van der Waals surface area contributed by atoms with Crippen LogP contribution in [-0.2, 0) is 9.53 Å². The normalized spacial score (nSPS) is 11.4. The molecule has 0 radical (unpaired) electrons. The molecule has 0 aromatic rings. The molecule has 64 valence electrons. The fourth-order valence-electron chi connectivity index (χ4n) is 0.609. The monoisotopic (exact) mass is 158 g/mol. The summed E-state index contributed by atoms with van der Waals surface area (Å²) < 4.78 is 4.71. The SMILES string of the molecule is CCOC(=O)C(C)=CCCO. The van der Waals surface area contributed by atoms with Gasteiger partial charge in [-0.25, -0.2) is 4.79 Å². The fourth-order valence-corrected chi connectivity index (χ4v) is 0.609. The molecule has 0 aromatic heterocycles. The first-order valence-corrected chi connectivity index (χ1v) is 3.67. The third kappa shape index (κ3) is 4.56. The quantitative estimate of drug-likeness (QED) is 0.488. The molecule has 11 heavy (non-hydrogen) atoms. The molecule has 1 N–H and O–H groups in total. The predicted molar refractivity (Wildman–Crippen MR) is 42.1 cm³/mol. The van der Waals surface area contributed by atoms with Crippen molar-refractivity contribution in [3.63, 3.8) is 0 Å². The summed E-state index contributed by atoms with van der Waals surface area (Å²) in [6.07, 6.45) is 2.17. The standard InChI is InChI=1S/C8H14O3/c1-3-11-8(10)7(2)5-4-6-9/h5,9H,3-4,6H2,1-2H3. The van der Waals surface area contributed by atoms with Crippen LogP contribution in [0.25, 0.3) is 0 Å². The molecule has 3 nitrogen and oxygen atoms in total. The Balaban J connectivity index is 3.80. The van der Waals surface area contributed by atoms with E-state index in [1.807, 2.05) is 0 Å². The molecule has 0 spiro atoms. The zero-order valence-corrected chi connectivity index (χ0v) is 6.96. The van der Waals surface area contributed by atoms with Crippen molar-refractivity contribution in [3.8, 4) is 0 Å². The van der Waals surface area contributed by atoms with Gasteiger partial charge in [-0.2, -0.15) is 0 Å². The summed E-state index contributed by atoms with van der Waals surface area (Å²) in [7, 11) is 0. The third-order valence-electron chi connectivity index (χ3n) is 1.18. The third-order valence-corrected chi connectivity index (χ3v) is 1.18. The van der Waals surface area contributed by atoms with Crippen LogP contribution < -0.4 is 0 Å². The summed E-state index contributed by atoms with van der Waals surface area (Å²) in [6, 6.07) is 0. The highest BCUT2D eigenvalue weighted by atomic mass is 16.5. The lowest BCUT2D eigenvalue weighted by atomic mass is 10.2. The van der Waals surface area contributed by atoms with Crippen molar-refractivity contribution in [1.29, 1.82) is 0 Å². The summed E-state index contributed by atoms with van der Waals surface area (Å²) in [6.45, 7) is 3.89. The van der Waals surface area contributed by atoms with Gasteiger partial charge in [-0.05, 0) is 20.3 Å². The van der Waals surface area contributed by atoms with Gasteiger partial charge in [-0.3, -0.25) is 0 Å². The minimum absolute atomic E-state index is 0.0662. The van der Waals surface area contributed by atoms with Crippen molar-refractivity contribution in [2.75, 3.05) is 13.2 Å². The van der Waals surface area contributed by atoms with Gasteiger partial charge in [0.1, 0.15) is 0 Å². The maximum atomic E-state index is 10.9. The Bertz CT molecular complexity index is 149. The van der Waals surface area contributed by atoms with Gasteiger partial charge in [0.05, 0.1) is 6.61 Å². The van der Waals surface area contributed by atoms with Crippen molar-refractivity contribution < 1.29 is 14.6 Å². The van der Waals surface area contributed by atoms with Crippen molar-refractivity contribution in [2.45, 2.75) is 20.3 Å². The maximum Gasteiger partial charge on any atom is 0.333 e. The van der Waals surface area contributed by atoms with Crippen LogP contribution in [0.3, 0.4) is 0 Å². The Morgan fingerprint density at radius 2 is 2.27 bits per heavy atom. The van der Waals surface area contributed by atoms with Crippen molar-refractivity contribution >= 4 is 5.97 Å². The van der Waals surface area contributed by atoms with Gasteiger partial charge in [0.15, 0.2) is 0 Å². The predicted octanol–water partition coefficient (Wildman–Crippen LogP) is 0.878. The number of hydrogen-bond acceptors (Lipinski definition) is 3. The van der Waals surface area contributed by atoms with Crippen LogP contribution in [0.15, 0.2) is 11.6 Å². The van der Waals surface area contributed by atoms with Gasteiger partial charge >= 0.3 is 5.97 Å². The lowest BCUT2D eigenvalue weighted by Gasteiger charge is -1.99. The molecule has 0 bridgehead atoms. The van der Waals surface area contributed by atoms with Crippen LogP contribution >= 0.6 is 0 Å². The molecule has 0 aliphatic rings. The second kappa shape index (κ2) is 5.92. The molecule has 0 fully saturated rings. The van der Waals surface area contributed by atoms with Crippen LogP contribution in [0.5, 0.6) is 0 Å². The average molecular weight is 158 g/mol. The minimum atomic E-state index is -0.305. The molecule has 3 heteroatoms. The van der Waals surface area contributed by atoms with E-state index in [4.69, 9.17) is 9.84 Å². The summed E-state index contributed by atoms with van der Waals surface area (Å²) >= 11 is 0. The first-order valence-electron chi connectivity index (χ1n) is 3.67. The van der Waals surface area contributed by atoms with Gasteiger partial charge in [0, 0.05) is 12.2 Å². The van der Waals surface area contributed by atoms with E-state index in [0.717, 1.165) is 0 Å². The molecule has 0 saturated carbocycles. The zero-order valence-electron chi connectivity index (χ0n) is 6.96. The zero-order chi connectivity index (χ0) is 8.69. The Morgan fingerprint density at radius 1 is 1.64 bits per heavy atom. The number of carbonyl (C=O) groups is 1. The van der Waals surface area contributed by atoms with Gasteiger partial charge < -0.3 is 9.84 Å². The van der Waals surface area contributed by atoms with E-state index in [9.17, 15) is 4.79 Å². The molecule has 0 aliphatic carbocycles. The molecular formula is C8H14O3. The average Bonchev–Trinajstić information content (AvgIpc) is 2.00.